The minimum Gasteiger partial charge on any atom is -0.493 e. The fraction of sp³-hybridized carbons (Fsp3) is 0.333. The van der Waals surface area contributed by atoms with Gasteiger partial charge in [-0.25, -0.2) is 0 Å². The lowest BCUT2D eigenvalue weighted by molar-refractivity contribution is -0.156. The Morgan fingerprint density at radius 2 is 1.74 bits per heavy atom. The lowest BCUT2D eigenvalue weighted by Gasteiger charge is -2.18. The first kappa shape index (κ1) is 18.8. The van der Waals surface area contributed by atoms with Crippen molar-refractivity contribution in [1.82, 2.24) is 5.32 Å². The van der Waals surface area contributed by atoms with Gasteiger partial charge in [-0.1, -0.05) is 36.4 Å². The first-order valence-electron chi connectivity index (χ1n) is 8.86. The monoisotopic (exact) mass is 369 g/mol. The van der Waals surface area contributed by atoms with Crippen molar-refractivity contribution in [3.05, 3.63) is 59.7 Å². The van der Waals surface area contributed by atoms with E-state index in [9.17, 15) is 9.59 Å². The first-order valence-corrected chi connectivity index (χ1v) is 8.86. The molecule has 1 saturated carbocycles. The molecule has 2 aromatic carbocycles. The molecule has 3 rings (SSSR count). The SMILES string of the molecule is COc1ccc(CC(=O)O[C@@H](C(=O)NC2CC2)c2ccccc2)cc1OC. The summed E-state index contributed by atoms with van der Waals surface area (Å²) in [4.78, 5) is 25.0. The van der Waals surface area contributed by atoms with Gasteiger partial charge in [0.05, 0.1) is 20.6 Å². The summed E-state index contributed by atoms with van der Waals surface area (Å²) in [5, 5.41) is 2.90. The van der Waals surface area contributed by atoms with E-state index in [2.05, 4.69) is 5.32 Å². The van der Waals surface area contributed by atoms with Crippen LogP contribution in [0.5, 0.6) is 11.5 Å². The molecule has 1 atom stereocenters. The Bertz CT molecular complexity index is 801. The topological polar surface area (TPSA) is 73.9 Å². The number of nitrogens with one attached hydrogen (secondary N) is 1. The molecule has 1 N–H and O–H groups in total. The fourth-order valence-corrected chi connectivity index (χ4v) is 2.74. The van der Waals surface area contributed by atoms with Crippen LogP contribution < -0.4 is 14.8 Å². The van der Waals surface area contributed by atoms with Crippen LogP contribution in [-0.2, 0) is 20.7 Å². The molecule has 1 aliphatic carbocycles. The zero-order valence-corrected chi connectivity index (χ0v) is 15.4. The quantitative estimate of drug-likeness (QED) is 0.725. The van der Waals surface area contributed by atoms with E-state index < -0.39 is 12.1 Å². The van der Waals surface area contributed by atoms with E-state index >= 15 is 0 Å². The van der Waals surface area contributed by atoms with E-state index in [0.717, 1.165) is 12.8 Å². The van der Waals surface area contributed by atoms with Crippen molar-refractivity contribution < 1.29 is 23.8 Å². The van der Waals surface area contributed by atoms with Crippen LogP contribution in [0, 0.1) is 0 Å². The summed E-state index contributed by atoms with van der Waals surface area (Å²) < 4.78 is 16.0. The Hall–Kier alpha value is -3.02. The molecule has 0 aromatic heterocycles. The smallest absolute Gasteiger partial charge is 0.311 e. The number of ether oxygens (including phenoxy) is 3. The van der Waals surface area contributed by atoms with Gasteiger partial charge in [-0.05, 0) is 30.5 Å². The maximum atomic E-state index is 12.5. The highest BCUT2D eigenvalue weighted by atomic mass is 16.5. The molecule has 2 aromatic rings. The number of amides is 1. The molecule has 6 nitrogen and oxygen atoms in total. The average Bonchev–Trinajstić information content (AvgIpc) is 3.50. The van der Waals surface area contributed by atoms with E-state index in [1.165, 1.54) is 7.11 Å². The molecule has 0 bridgehead atoms. The molecule has 1 fully saturated rings. The molecule has 1 amide bonds. The number of esters is 1. The van der Waals surface area contributed by atoms with Crippen molar-refractivity contribution in [2.75, 3.05) is 14.2 Å². The predicted molar refractivity (Wildman–Crippen MR) is 99.7 cm³/mol. The van der Waals surface area contributed by atoms with Crippen LogP contribution >= 0.6 is 0 Å². The summed E-state index contributed by atoms with van der Waals surface area (Å²) in [7, 11) is 3.09. The highest BCUT2D eigenvalue weighted by molar-refractivity contribution is 5.86. The highest BCUT2D eigenvalue weighted by Crippen LogP contribution is 2.28. The largest absolute Gasteiger partial charge is 0.493 e. The molecule has 0 radical (unpaired) electrons. The molecule has 0 aliphatic heterocycles. The number of carbonyl (C=O) groups excluding carboxylic acids is 2. The second-order valence-electron chi connectivity index (χ2n) is 6.43. The van der Waals surface area contributed by atoms with Crippen LogP contribution in [0.4, 0.5) is 0 Å². The molecular formula is C21H23NO5. The molecule has 0 unspecified atom stereocenters. The van der Waals surface area contributed by atoms with Gasteiger partial charge in [0.1, 0.15) is 0 Å². The van der Waals surface area contributed by atoms with Gasteiger partial charge in [0, 0.05) is 11.6 Å². The third-order valence-electron chi connectivity index (χ3n) is 4.31. The second kappa shape index (κ2) is 8.58. The minimum atomic E-state index is -0.959. The molecule has 27 heavy (non-hydrogen) atoms. The van der Waals surface area contributed by atoms with Gasteiger partial charge in [-0.3, -0.25) is 9.59 Å². The summed E-state index contributed by atoms with van der Waals surface area (Å²) in [6, 6.07) is 14.5. The Kier molecular flexibility index (Phi) is 5.96. The van der Waals surface area contributed by atoms with Crippen LogP contribution in [0.3, 0.4) is 0 Å². The third kappa shape index (κ3) is 5.00. The number of benzene rings is 2. The minimum absolute atomic E-state index is 0.0282. The van der Waals surface area contributed by atoms with E-state index in [1.807, 2.05) is 18.2 Å². The number of methoxy groups -OCH3 is 2. The molecule has 0 saturated heterocycles. The zero-order valence-electron chi connectivity index (χ0n) is 15.4. The Morgan fingerprint density at radius 1 is 1.04 bits per heavy atom. The normalized spacial score (nSPS) is 14.1. The van der Waals surface area contributed by atoms with Gasteiger partial charge >= 0.3 is 5.97 Å². The lowest BCUT2D eigenvalue weighted by atomic mass is 10.1. The molecular weight excluding hydrogens is 346 g/mol. The fourth-order valence-electron chi connectivity index (χ4n) is 2.74. The molecule has 142 valence electrons. The summed E-state index contributed by atoms with van der Waals surface area (Å²) in [5.41, 5.74) is 1.36. The van der Waals surface area contributed by atoms with Crippen LogP contribution in [0.2, 0.25) is 0 Å². The summed E-state index contributed by atoms with van der Waals surface area (Å²) in [5.74, 6) is 0.348. The standard InChI is InChI=1S/C21H23NO5/c1-25-17-11-8-14(12-18(17)26-2)13-19(23)27-20(15-6-4-3-5-7-15)21(24)22-16-9-10-16/h3-8,11-12,16,20H,9-10,13H2,1-2H3,(H,22,24)/t20-/m1/s1. The van der Waals surface area contributed by atoms with E-state index in [-0.39, 0.29) is 18.4 Å². The van der Waals surface area contributed by atoms with Gasteiger partial charge in [-0.15, -0.1) is 0 Å². The van der Waals surface area contributed by atoms with Crippen molar-refractivity contribution in [3.63, 3.8) is 0 Å². The number of carbonyl (C=O) groups is 2. The van der Waals surface area contributed by atoms with Gasteiger partial charge in [0.15, 0.2) is 11.5 Å². The number of rotatable bonds is 8. The van der Waals surface area contributed by atoms with Gasteiger partial charge in [0.2, 0.25) is 6.10 Å². The predicted octanol–water partition coefficient (Wildman–Crippen LogP) is 2.81. The molecule has 6 heteroatoms. The Morgan fingerprint density at radius 3 is 2.37 bits per heavy atom. The average molecular weight is 369 g/mol. The van der Waals surface area contributed by atoms with Crippen LogP contribution in [-0.4, -0.2) is 32.1 Å². The van der Waals surface area contributed by atoms with E-state index in [1.54, 1.807) is 37.4 Å². The highest BCUT2D eigenvalue weighted by Gasteiger charge is 2.30. The lowest BCUT2D eigenvalue weighted by Crippen LogP contribution is -2.33. The van der Waals surface area contributed by atoms with Crippen LogP contribution in [0.25, 0.3) is 0 Å². The zero-order chi connectivity index (χ0) is 19.2. The van der Waals surface area contributed by atoms with Gasteiger partial charge in [0.25, 0.3) is 5.91 Å². The van der Waals surface area contributed by atoms with Crippen molar-refractivity contribution >= 4 is 11.9 Å². The summed E-state index contributed by atoms with van der Waals surface area (Å²) in [6.45, 7) is 0. The molecule has 1 aliphatic rings. The number of hydrogen-bond donors (Lipinski definition) is 1. The van der Waals surface area contributed by atoms with Crippen molar-refractivity contribution in [2.24, 2.45) is 0 Å². The van der Waals surface area contributed by atoms with Crippen molar-refractivity contribution in [1.29, 1.82) is 0 Å². The maximum Gasteiger partial charge on any atom is 0.311 e. The van der Waals surface area contributed by atoms with Crippen molar-refractivity contribution in [2.45, 2.75) is 31.4 Å². The van der Waals surface area contributed by atoms with Gasteiger partial charge < -0.3 is 19.5 Å². The maximum absolute atomic E-state index is 12.5. The van der Waals surface area contributed by atoms with Crippen LogP contribution in [0.1, 0.15) is 30.1 Å². The van der Waals surface area contributed by atoms with Gasteiger partial charge in [-0.2, -0.15) is 0 Å². The van der Waals surface area contributed by atoms with E-state index in [4.69, 9.17) is 14.2 Å². The van der Waals surface area contributed by atoms with Crippen molar-refractivity contribution in [3.8, 4) is 11.5 Å². The summed E-state index contributed by atoms with van der Waals surface area (Å²) in [6.07, 6.45) is 1.000. The van der Waals surface area contributed by atoms with E-state index in [0.29, 0.717) is 22.6 Å². The van der Waals surface area contributed by atoms with Crippen LogP contribution in [0.15, 0.2) is 48.5 Å². The third-order valence-corrected chi connectivity index (χ3v) is 4.31. The number of hydrogen-bond acceptors (Lipinski definition) is 5. The second-order valence-corrected chi connectivity index (χ2v) is 6.43. The Balaban J connectivity index is 1.71. The Labute approximate surface area is 158 Å². The summed E-state index contributed by atoms with van der Waals surface area (Å²) >= 11 is 0. The molecule has 0 spiro atoms. The first-order chi connectivity index (χ1) is 13.1. The molecule has 0 heterocycles.